The van der Waals surface area contributed by atoms with Crippen LogP contribution >= 0.6 is 0 Å². The van der Waals surface area contributed by atoms with Crippen molar-refractivity contribution >= 4 is 11.9 Å². The standard InChI is InChI=1S/C23H42N4O2/c1-3-29-21(18-9-7-8-10-18)13-15-25-23(24-2)26-20-14-16-27(17-20)22(28)19-11-5-4-6-12-19/h18-21H,3-17H2,1-2H3,(H2,24,25,26). The van der Waals surface area contributed by atoms with Gasteiger partial charge >= 0.3 is 0 Å². The predicted octanol–water partition coefficient (Wildman–Crippen LogP) is 3.32. The lowest BCUT2D eigenvalue weighted by Crippen LogP contribution is -2.46. The minimum atomic E-state index is 0.269. The second kappa shape index (κ2) is 11.8. The highest BCUT2D eigenvalue weighted by molar-refractivity contribution is 5.81. The Labute approximate surface area is 177 Å². The molecule has 29 heavy (non-hydrogen) atoms. The molecule has 1 heterocycles. The summed E-state index contributed by atoms with van der Waals surface area (Å²) >= 11 is 0. The van der Waals surface area contributed by atoms with Crippen LogP contribution in [0.4, 0.5) is 0 Å². The van der Waals surface area contributed by atoms with Crippen LogP contribution in [0.15, 0.2) is 4.99 Å². The van der Waals surface area contributed by atoms with E-state index >= 15 is 0 Å². The lowest BCUT2D eigenvalue weighted by atomic mass is 9.88. The zero-order valence-corrected chi connectivity index (χ0v) is 18.6. The van der Waals surface area contributed by atoms with Crippen molar-refractivity contribution in [2.24, 2.45) is 16.8 Å². The molecule has 0 aromatic carbocycles. The van der Waals surface area contributed by atoms with Gasteiger partial charge in [-0.25, -0.2) is 0 Å². The fourth-order valence-corrected chi connectivity index (χ4v) is 5.41. The van der Waals surface area contributed by atoms with Gasteiger partial charge in [0.05, 0.1) is 6.10 Å². The Morgan fingerprint density at radius 2 is 1.83 bits per heavy atom. The summed E-state index contributed by atoms with van der Waals surface area (Å²) in [6, 6.07) is 0.297. The van der Waals surface area contributed by atoms with Crippen molar-refractivity contribution in [3.8, 4) is 0 Å². The number of carbonyl (C=O) groups excluding carboxylic acids is 1. The zero-order valence-electron chi connectivity index (χ0n) is 18.6. The Bertz CT molecular complexity index is 527. The number of carbonyl (C=O) groups is 1. The van der Waals surface area contributed by atoms with E-state index < -0.39 is 0 Å². The second-order valence-electron chi connectivity index (χ2n) is 9.08. The van der Waals surface area contributed by atoms with E-state index in [0.717, 1.165) is 63.8 Å². The topological polar surface area (TPSA) is 66.0 Å². The third-order valence-electron chi connectivity index (χ3n) is 7.05. The van der Waals surface area contributed by atoms with Gasteiger partial charge in [0.25, 0.3) is 0 Å². The van der Waals surface area contributed by atoms with Crippen LogP contribution < -0.4 is 10.6 Å². The molecule has 2 atom stereocenters. The number of likely N-dealkylation sites (tertiary alicyclic amines) is 1. The van der Waals surface area contributed by atoms with Crippen molar-refractivity contribution in [3.63, 3.8) is 0 Å². The highest BCUT2D eigenvalue weighted by atomic mass is 16.5. The molecule has 1 saturated heterocycles. The van der Waals surface area contributed by atoms with Crippen molar-refractivity contribution in [2.75, 3.05) is 33.3 Å². The van der Waals surface area contributed by atoms with Crippen molar-refractivity contribution in [3.05, 3.63) is 0 Å². The summed E-state index contributed by atoms with van der Waals surface area (Å²) < 4.78 is 6.03. The van der Waals surface area contributed by atoms with E-state index in [1.165, 1.54) is 44.9 Å². The maximum absolute atomic E-state index is 12.8. The van der Waals surface area contributed by atoms with Gasteiger partial charge in [0.2, 0.25) is 5.91 Å². The van der Waals surface area contributed by atoms with E-state index in [1.807, 2.05) is 7.05 Å². The summed E-state index contributed by atoms with van der Waals surface area (Å²) in [5.41, 5.74) is 0. The number of hydrogen-bond donors (Lipinski definition) is 2. The SMILES string of the molecule is CCOC(CCNC(=NC)NC1CCN(C(=O)C2CCCCC2)C1)C1CCCC1. The fourth-order valence-electron chi connectivity index (χ4n) is 5.41. The largest absolute Gasteiger partial charge is 0.378 e. The van der Waals surface area contributed by atoms with Gasteiger partial charge in [-0.3, -0.25) is 9.79 Å². The van der Waals surface area contributed by atoms with Crippen molar-refractivity contribution < 1.29 is 9.53 Å². The third kappa shape index (κ3) is 6.59. The lowest BCUT2D eigenvalue weighted by Gasteiger charge is -2.26. The molecular formula is C23H42N4O2. The molecule has 3 aliphatic rings. The number of nitrogens with one attached hydrogen (secondary N) is 2. The van der Waals surface area contributed by atoms with Crippen molar-refractivity contribution in [2.45, 2.75) is 89.7 Å². The van der Waals surface area contributed by atoms with Crippen LogP contribution in [0.1, 0.15) is 77.6 Å². The van der Waals surface area contributed by atoms with E-state index in [1.54, 1.807) is 0 Å². The third-order valence-corrected chi connectivity index (χ3v) is 7.05. The molecule has 2 aliphatic carbocycles. The molecule has 6 heteroatoms. The van der Waals surface area contributed by atoms with Crippen molar-refractivity contribution in [1.82, 2.24) is 15.5 Å². The van der Waals surface area contributed by atoms with Gasteiger partial charge in [-0.2, -0.15) is 0 Å². The summed E-state index contributed by atoms with van der Waals surface area (Å²) in [4.78, 5) is 19.3. The molecule has 0 spiro atoms. The van der Waals surface area contributed by atoms with E-state index in [-0.39, 0.29) is 5.92 Å². The first-order valence-corrected chi connectivity index (χ1v) is 12.1. The van der Waals surface area contributed by atoms with Crippen LogP contribution in [0.2, 0.25) is 0 Å². The van der Waals surface area contributed by atoms with Gasteiger partial charge in [0.15, 0.2) is 5.96 Å². The monoisotopic (exact) mass is 406 g/mol. The van der Waals surface area contributed by atoms with Gasteiger partial charge in [-0.05, 0) is 51.4 Å². The summed E-state index contributed by atoms with van der Waals surface area (Å²) in [6.45, 7) is 5.44. The second-order valence-corrected chi connectivity index (χ2v) is 9.08. The van der Waals surface area contributed by atoms with E-state index in [4.69, 9.17) is 4.74 Å². The Hall–Kier alpha value is -1.30. The van der Waals surface area contributed by atoms with Crippen LogP contribution in [0, 0.1) is 11.8 Å². The molecule has 0 bridgehead atoms. The number of aliphatic imine (C=N–C) groups is 1. The average Bonchev–Trinajstić information content (AvgIpc) is 3.45. The minimum absolute atomic E-state index is 0.269. The first kappa shape index (κ1) is 22.4. The van der Waals surface area contributed by atoms with Gasteiger partial charge in [0.1, 0.15) is 0 Å². The van der Waals surface area contributed by atoms with Crippen LogP contribution in [0.3, 0.4) is 0 Å². The molecule has 6 nitrogen and oxygen atoms in total. The smallest absolute Gasteiger partial charge is 0.225 e. The Morgan fingerprint density at radius 1 is 1.10 bits per heavy atom. The van der Waals surface area contributed by atoms with Gasteiger partial charge < -0.3 is 20.3 Å². The Balaban J connectivity index is 1.39. The van der Waals surface area contributed by atoms with Crippen LogP contribution in [0.25, 0.3) is 0 Å². The molecule has 3 fully saturated rings. The number of rotatable bonds is 8. The van der Waals surface area contributed by atoms with Gasteiger partial charge in [0, 0.05) is 45.2 Å². The molecule has 0 radical (unpaired) electrons. The first-order valence-electron chi connectivity index (χ1n) is 12.1. The number of guanidine groups is 1. The zero-order chi connectivity index (χ0) is 20.5. The lowest BCUT2D eigenvalue weighted by molar-refractivity contribution is -0.135. The summed E-state index contributed by atoms with van der Waals surface area (Å²) in [6.07, 6.45) is 13.6. The highest BCUT2D eigenvalue weighted by Gasteiger charge is 2.32. The number of ether oxygens (including phenoxy) is 1. The maximum atomic E-state index is 12.8. The molecule has 1 aliphatic heterocycles. The molecule has 2 N–H and O–H groups in total. The molecule has 2 unspecified atom stereocenters. The van der Waals surface area contributed by atoms with E-state index in [9.17, 15) is 4.79 Å². The molecule has 3 rings (SSSR count). The van der Waals surface area contributed by atoms with E-state index in [2.05, 4.69) is 27.4 Å². The number of hydrogen-bond acceptors (Lipinski definition) is 3. The van der Waals surface area contributed by atoms with Crippen LogP contribution in [-0.2, 0) is 9.53 Å². The number of nitrogens with zero attached hydrogens (tertiary/aromatic N) is 2. The molecule has 2 saturated carbocycles. The summed E-state index contributed by atoms with van der Waals surface area (Å²) in [5.74, 6) is 2.23. The average molecular weight is 407 g/mol. The summed E-state index contributed by atoms with van der Waals surface area (Å²) in [7, 11) is 1.83. The number of amides is 1. The molecule has 0 aromatic heterocycles. The summed E-state index contributed by atoms with van der Waals surface area (Å²) in [5, 5.41) is 7.00. The Kier molecular flexibility index (Phi) is 9.09. The minimum Gasteiger partial charge on any atom is -0.378 e. The van der Waals surface area contributed by atoms with Crippen LogP contribution in [-0.4, -0.2) is 62.2 Å². The van der Waals surface area contributed by atoms with Crippen LogP contribution in [0.5, 0.6) is 0 Å². The maximum Gasteiger partial charge on any atom is 0.225 e. The van der Waals surface area contributed by atoms with Crippen molar-refractivity contribution in [1.29, 1.82) is 0 Å². The van der Waals surface area contributed by atoms with Gasteiger partial charge in [-0.15, -0.1) is 0 Å². The quantitative estimate of drug-likeness (QED) is 0.479. The predicted molar refractivity (Wildman–Crippen MR) is 118 cm³/mol. The highest BCUT2D eigenvalue weighted by Crippen LogP contribution is 2.30. The molecule has 0 aromatic rings. The van der Waals surface area contributed by atoms with E-state index in [0.29, 0.717) is 18.1 Å². The fraction of sp³-hybridized carbons (Fsp3) is 0.913. The Morgan fingerprint density at radius 3 is 2.52 bits per heavy atom. The molecule has 166 valence electrons. The molecular weight excluding hydrogens is 364 g/mol. The van der Waals surface area contributed by atoms with Gasteiger partial charge in [-0.1, -0.05) is 32.1 Å². The normalized spacial score (nSPS) is 25.4. The first-order chi connectivity index (χ1) is 14.2. The molecule has 1 amide bonds.